The van der Waals surface area contributed by atoms with Crippen molar-refractivity contribution < 1.29 is 14.7 Å². The molecule has 0 saturated carbocycles. The van der Waals surface area contributed by atoms with Crippen LogP contribution in [0.4, 0.5) is 0 Å². The van der Waals surface area contributed by atoms with E-state index in [9.17, 15) is 14.7 Å². The van der Waals surface area contributed by atoms with Crippen molar-refractivity contribution in [2.45, 2.75) is 22.6 Å². The highest BCUT2D eigenvalue weighted by molar-refractivity contribution is 8.00. The molecule has 2 heterocycles. The number of piperazine rings is 1. The summed E-state index contributed by atoms with van der Waals surface area (Å²) >= 11 is 1.78. The van der Waals surface area contributed by atoms with Gasteiger partial charge in [0.25, 0.3) is 0 Å². The van der Waals surface area contributed by atoms with Crippen molar-refractivity contribution in [2.75, 3.05) is 19.6 Å². The van der Waals surface area contributed by atoms with Crippen LogP contribution >= 0.6 is 11.8 Å². The maximum atomic E-state index is 11.5. The Kier molecular flexibility index (Phi) is 3.67. The van der Waals surface area contributed by atoms with Crippen LogP contribution < -0.4 is 5.32 Å². The van der Waals surface area contributed by atoms with Crippen LogP contribution in [-0.4, -0.2) is 52.8 Å². The normalized spacial score (nSPS) is 26.1. The third kappa shape index (κ3) is 2.66. The fourth-order valence-electron chi connectivity index (χ4n) is 2.74. The van der Waals surface area contributed by atoms with E-state index in [0.29, 0.717) is 11.8 Å². The van der Waals surface area contributed by atoms with Gasteiger partial charge in [-0.1, -0.05) is 18.2 Å². The quantitative estimate of drug-likeness (QED) is 0.853. The van der Waals surface area contributed by atoms with Crippen molar-refractivity contribution in [3.63, 3.8) is 0 Å². The van der Waals surface area contributed by atoms with Gasteiger partial charge in [0.05, 0.1) is 6.54 Å². The zero-order valence-corrected chi connectivity index (χ0v) is 11.7. The van der Waals surface area contributed by atoms with E-state index in [4.69, 9.17) is 0 Å². The average molecular weight is 292 g/mol. The number of benzene rings is 1. The predicted octanol–water partition coefficient (Wildman–Crippen LogP) is 0.588. The number of fused-ring (bicyclic) bond motifs is 1. The van der Waals surface area contributed by atoms with Crippen LogP contribution in [0.5, 0.6) is 0 Å². The number of carboxylic acid groups (broad SMARTS) is 1. The molecule has 2 atom stereocenters. The number of carboxylic acids is 1. The Labute approximate surface area is 121 Å². The van der Waals surface area contributed by atoms with Crippen molar-refractivity contribution in [3.05, 3.63) is 29.8 Å². The molecule has 1 aromatic rings. The van der Waals surface area contributed by atoms with Gasteiger partial charge in [-0.05, 0) is 18.1 Å². The molecule has 2 aliphatic rings. The number of hydrogen-bond acceptors (Lipinski definition) is 4. The Morgan fingerprint density at radius 3 is 3.00 bits per heavy atom. The molecule has 0 spiro atoms. The second kappa shape index (κ2) is 5.46. The van der Waals surface area contributed by atoms with Gasteiger partial charge < -0.3 is 10.4 Å². The van der Waals surface area contributed by atoms with Gasteiger partial charge in [-0.15, -0.1) is 11.8 Å². The first-order chi connectivity index (χ1) is 9.63. The van der Waals surface area contributed by atoms with Gasteiger partial charge in [0.15, 0.2) is 0 Å². The Hall–Kier alpha value is -1.53. The van der Waals surface area contributed by atoms with Gasteiger partial charge in [-0.3, -0.25) is 14.5 Å². The predicted molar refractivity (Wildman–Crippen MR) is 75.8 cm³/mol. The molecule has 2 aliphatic heterocycles. The van der Waals surface area contributed by atoms with Crippen LogP contribution in [0.3, 0.4) is 0 Å². The number of rotatable bonds is 3. The Balaban J connectivity index is 1.68. The maximum Gasteiger partial charge on any atom is 0.322 e. The molecule has 20 heavy (non-hydrogen) atoms. The molecule has 1 saturated heterocycles. The molecule has 0 bridgehead atoms. The third-order valence-electron chi connectivity index (χ3n) is 3.72. The molecule has 2 N–H and O–H groups in total. The molecule has 1 amide bonds. The molecule has 2 unspecified atom stereocenters. The first-order valence-electron chi connectivity index (χ1n) is 6.61. The zero-order chi connectivity index (χ0) is 14.1. The van der Waals surface area contributed by atoms with Gasteiger partial charge in [0.2, 0.25) is 5.91 Å². The van der Waals surface area contributed by atoms with E-state index in [2.05, 4.69) is 17.4 Å². The van der Waals surface area contributed by atoms with Crippen LogP contribution in [0.1, 0.15) is 5.56 Å². The number of nitrogens with zero attached hydrogens (tertiary/aromatic N) is 1. The van der Waals surface area contributed by atoms with Crippen molar-refractivity contribution in [3.8, 4) is 0 Å². The number of carbonyl (C=O) groups excluding carboxylic acids is 1. The smallest absolute Gasteiger partial charge is 0.322 e. The van der Waals surface area contributed by atoms with Crippen molar-refractivity contribution in [1.29, 1.82) is 0 Å². The van der Waals surface area contributed by atoms with Crippen LogP contribution in [-0.2, 0) is 16.0 Å². The van der Waals surface area contributed by atoms with Crippen LogP contribution in [0, 0.1) is 0 Å². The average Bonchev–Trinajstić information content (AvgIpc) is 2.80. The van der Waals surface area contributed by atoms with Gasteiger partial charge in [0, 0.05) is 23.2 Å². The van der Waals surface area contributed by atoms with E-state index in [1.807, 2.05) is 12.1 Å². The molecule has 0 aliphatic carbocycles. The standard InChI is InChI=1S/C14H16N2O3S/c17-13-8-16(11(6-15-13)14(18)19)7-10-5-9-3-1-2-4-12(9)20-10/h1-4,10-11H,5-8H2,(H,15,17)(H,18,19). The number of hydrogen-bond donors (Lipinski definition) is 2. The second-order valence-corrected chi connectivity index (χ2v) is 6.48. The van der Waals surface area contributed by atoms with Gasteiger partial charge in [-0.2, -0.15) is 0 Å². The van der Waals surface area contributed by atoms with Crippen LogP contribution in [0.2, 0.25) is 0 Å². The highest BCUT2D eigenvalue weighted by Crippen LogP contribution is 2.37. The molecule has 0 aromatic heterocycles. The van der Waals surface area contributed by atoms with Crippen molar-refractivity contribution in [2.24, 2.45) is 0 Å². The van der Waals surface area contributed by atoms with E-state index in [0.717, 1.165) is 6.42 Å². The van der Waals surface area contributed by atoms with E-state index in [1.165, 1.54) is 10.5 Å². The number of aliphatic carboxylic acids is 1. The van der Waals surface area contributed by atoms with Crippen LogP contribution in [0.25, 0.3) is 0 Å². The number of carbonyl (C=O) groups is 2. The monoisotopic (exact) mass is 292 g/mol. The molecular formula is C14H16N2O3S. The fraction of sp³-hybridized carbons (Fsp3) is 0.429. The lowest BCUT2D eigenvalue weighted by atomic mass is 10.1. The second-order valence-electron chi connectivity index (χ2n) is 5.14. The highest BCUT2D eigenvalue weighted by Gasteiger charge is 2.34. The summed E-state index contributed by atoms with van der Waals surface area (Å²) in [6.45, 7) is 0.993. The van der Waals surface area contributed by atoms with Crippen molar-refractivity contribution in [1.82, 2.24) is 10.2 Å². The number of nitrogens with one attached hydrogen (secondary N) is 1. The highest BCUT2D eigenvalue weighted by atomic mass is 32.2. The largest absolute Gasteiger partial charge is 0.480 e. The van der Waals surface area contributed by atoms with Crippen LogP contribution in [0.15, 0.2) is 29.2 Å². The summed E-state index contributed by atoms with van der Waals surface area (Å²) in [6.07, 6.45) is 0.936. The summed E-state index contributed by atoms with van der Waals surface area (Å²) in [7, 11) is 0. The zero-order valence-electron chi connectivity index (χ0n) is 10.9. The summed E-state index contributed by atoms with van der Waals surface area (Å²) in [4.78, 5) is 25.8. The van der Waals surface area contributed by atoms with Gasteiger partial charge >= 0.3 is 5.97 Å². The summed E-state index contributed by atoms with van der Waals surface area (Å²) in [6, 6.07) is 7.63. The molecule has 1 aromatic carbocycles. The van der Waals surface area contributed by atoms with Gasteiger partial charge in [-0.25, -0.2) is 0 Å². The lowest BCUT2D eigenvalue weighted by Crippen LogP contribution is -2.58. The van der Waals surface area contributed by atoms with E-state index >= 15 is 0 Å². The first kappa shape index (κ1) is 13.5. The Morgan fingerprint density at radius 1 is 1.45 bits per heavy atom. The van der Waals surface area contributed by atoms with Gasteiger partial charge in [0.1, 0.15) is 6.04 Å². The lowest BCUT2D eigenvalue weighted by Gasteiger charge is -2.34. The Morgan fingerprint density at radius 2 is 2.25 bits per heavy atom. The minimum Gasteiger partial charge on any atom is -0.480 e. The maximum absolute atomic E-state index is 11.5. The lowest BCUT2D eigenvalue weighted by molar-refractivity contribution is -0.145. The molecule has 3 rings (SSSR count). The minimum atomic E-state index is -0.870. The SMILES string of the molecule is O=C1CN(CC2Cc3ccccc3S2)C(C(=O)O)CN1. The minimum absolute atomic E-state index is 0.0944. The molecule has 1 fully saturated rings. The third-order valence-corrected chi connectivity index (χ3v) is 5.02. The molecular weight excluding hydrogens is 276 g/mol. The Bertz CT molecular complexity index is 524. The van der Waals surface area contributed by atoms with E-state index in [1.54, 1.807) is 16.7 Å². The molecule has 6 heteroatoms. The molecule has 106 valence electrons. The van der Waals surface area contributed by atoms with Crippen molar-refractivity contribution >= 4 is 23.6 Å². The summed E-state index contributed by atoms with van der Waals surface area (Å²) in [5.74, 6) is -0.964. The summed E-state index contributed by atoms with van der Waals surface area (Å²) < 4.78 is 0. The van der Waals surface area contributed by atoms with E-state index < -0.39 is 12.0 Å². The summed E-state index contributed by atoms with van der Waals surface area (Å²) in [5.41, 5.74) is 1.32. The summed E-state index contributed by atoms with van der Waals surface area (Å²) in [5, 5.41) is 12.2. The number of amides is 1. The fourth-order valence-corrected chi connectivity index (χ4v) is 4.09. The van der Waals surface area contributed by atoms with E-state index in [-0.39, 0.29) is 19.0 Å². The topological polar surface area (TPSA) is 69.6 Å². The molecule has 5 nitrogen and oxygen atoms in total. The first-order valence-corrected chi connectivity index (χ1v) is 7.49. The molecule has 0 radical (unpaired) electrons. The number of thioether (sulfide) groups is 1.